The van der Waals surface area contributed by atoms with Gasteiger partial charge in [-0.3, -0.25) is 9.59 Å². The molecule has 1 aliphatic rings. The van der Waals surface area contributed by atoms with Gasteiger partial charge in [-0.1, -0.05) is 25.4 Å². The predicted molar refractivity (Wildman–Crippen MR) is 105 cm³/mol. The molecule has 0 aliphatic carbocycles. The minimum absolute atomic E-state index is 0.108. The maximum atomic E-state index is 13.3. The van der Waals surface area contributed by atoms with E-state index in [0.717, 1.165) is 5.82 Å². The summed E-state index contributed by atoms with van der Waals surface area (Å²) in [5.41, 5.74) is 0.935. The van der Waals surface area contributed by atoms with Crippen molar-refractivity contribution in [1.82, 2.24) is 19.8 Å². The largest absolute Gasteiger partial charge is 0.336 e. The van der Waals surface area contributed by atoms with Crippen LogP contribution in [0.3, 0.4) is 0 Å². The number of carbonyl (C=O) groups excluding carboxylic acids is 2. The molecule has 2 N–H and O–H groups in total. The molecule has 8 heteroatoms. The summed E-state index contributed by atoms with van der Waals surface area (Å²) in [6, 6.07) is 4.80. The van der Waals surface area contributed by atoms with E-state index in [4.69, 9.17) is 11.6 Å². The average molecular weight is 390 g/mol. The third-order valence-electron chi connectivity index (χ3n) is 4.65. The number of hydrogen-bond donors (Lipinski definition) is 2. The van der Waals surface area contributed by atoms with E-state index >= 15 is 0 Å². The lowest BCUT2D eigenvalue weighted by Gasteiger charge is -2.36. The summed E-state index contributed by atoms with van der Waals surface area (Å²) in [7, 11) is 1.91. The summed E-state index contributed by atoms with van der Waals surface area (Å²) in [5, 5.41) is 6.49. The molecule has 0 spiro atoms. The second-order valence-electron chi connectivity index (χ2n) is 6.95. The summed E-state index contributed by atoms with van der Waals surface area (Å²) in [4.78, 5) is 31.4. The van der Waals surface area contributed by atoms with E-state index in [1.165, 1.54) is 0 Å². The Hall–Kier alpha value is -2.38. The van der Waals surface area contributed by atoms with Crippen molar-refractivity contribution in [3.8, 4) is 0 Å². The fourth-order valence-electron chi connectivity index (χ4n) is 3.08. The number of rotatable bonds is 4. The number of nitrogens with one attached hydrogen (secondary N) is 2. The van der Waals surface area contributed by atoms with E-state index in [1.54, 1.807) is 29.3 Å². The first-order valence-corrected chi connectivity index (χ1v) is 9.35. The molecule has 1 aromatic heterocycles. The van der Waals surface area contributed by atoms with Gasteiger partial charge in [-0.25, -0.2) is 4.98 Å². The van der Waals surface area contributed by atoms with Gasteiger partial charge in [0, 0.05) is 50.7 Å². The van der Waals surface area contributed by atoms with Crippen LogP contribution in [-0.4, -0.2) is 45.9 Å². The molecule has 1 saturated heterocycles. The first-order valence-electron chi connectivity index (χ1n) is 8.97. The molecule has 1 fully saturated rings. The van der Waals surface area contributed by atoms with Gasteiger partial charge in [0.1, 0.15) is 11.9 Å². The number of anilines is 1. The van der Waals surface area contributed by atoms with Gasteiger partial charge < -0.3 is 20.1 Å². The van der Waals surface area contributed by atoms with Crippen LogP contribution in [0.1, 0.15) is 36.1 Å². The van der Waals surface area contributed by atoms with Crippen LogP contribution >= 0.6 is 11.6 Å². The lowest BCUT2D eigenvalue weighted by Crippen LogP contribution is -2.49. The van der Waals surface area contributed by atoms with Crippen molar-refractivity contribution in [3.63, 3.8) is 0 Å². The minimum Gasteiger partial charge on any atom is -0.336 e. The van der Waals surface area contributed by atoms with Gasteiger partial charge in [0.05, 0.1) is 10.6 Å². The van der Waals surface area contributed by atoms with Crippen LogP contribution < -0.4 is 10.6 Å². The fraction of sp³-hybridized carbons (Fsp3) is 0.421. The fourth-order valence-corrected chi connectivity index (χ4v) is 3.28. The zero-order valence-corrected chi connectivity index (χ0v) is 16.5. The van der Waals surface area contributed by atoms with Gasteiger partial charge in [-0.05, 0) is 18.2 Å². The first-order chi connectivity index (χ1) is 12.9. The summed E-state index contributed by atoms with van der Waals surface area (Å²) in [5.74, 6) is 0.385. The highest BCUT2D eigenvalue weighted by atomic mass is 35.5. The predicted octanol–water partition coefficient (Wildman–Crippen LogP) is 2.45. The highest BCUT2D eigenvalue weighted by Crippen LogP contribution is 2.27. The van der Waals surface area contributed by atoms with Crippen molar-refractivity contribution < 1.29 is 9.59 Å². The molecule has 0 radical (unpaired) electrons. The SMILES string of the molecule is CC(C)C(=O)Nc1ccc(Cl)c(C(=O)N2CCNCC2c2nccn2C)c1. The molecule has 0 bridgehead atoms. The van der Waals surface area contributed by atoms with Crippen molar-refractivity contribution in [1.29, 1.82) is 0 Å². The molecule has 27 heavy (non-hydrogen) atoms. The molecule has 1 atom stereocenters. The van der Waals surface area contributed by atoms with Gasteiger partial charge in [-0.15, -0.1) is 0 Å². The van der Waals surface area contributed by atoms with Crippen LogP contribution in [0.4, 0.5) is 5.69 Å². The summed E-state index contributed by atoms with van der Waals surface area (Å²) >= 11 is 6.32. The number of benzene rings is 1. The molecule has 1 unspecified atom stereocenters. The van der Waals surface area contributed by atoms with Crippen LogP contribution in [-0.2, 0) is 11.8 Å². The lowest BCUT2D eigenvalue weighted by molar-refractivity contribution is -0.118. The number of hydrogen-bond acceptors (Lipinski definition) is 4. The van der Waals surface area contributed by atoms with Crippen LogP contribution in [0.2, 0.25) is 5.02 Å². The number of imidazole rings is 1. The Morgan fingerprint density at radius 2 is 2.15 bits per heavy atom. The Morgan fingerprint density at radius 3 is 2.81 bits per heavy atom. The summed E-state index contributed by atoms with van der Waals surface area (Å²) in [6.45, 7) is 5.51. The number of amides is 2. The van der Waals surface area contributed by atoms with E-state index < -0.39 is 0 Å². The molecular weight excluding hydrogens is 366 g/mol. The van der Waals surface area contributed by atoms with Crippen LogP contribution in [0.15, 0.2) is 30.6 Å². The normalized spacial score (nSPS) is 17.2. The third-order valence-corrected chi connectivity index (χ3v) is 4.98. The van der Waals surface area contributed by atoms with Crippen molar-refractivity contribution in [3.05, 3.63) is 47.0 Å². The van der Waals surface area contributed by atoms with Gasteiger partial charge in [0.25, 0.3) is 5.91 Å². The van der Waals surface area contributed by atoms with Crippen LogP contribution in [0.25, 0.3) is 0 Å². The number of aromatic nitrogens is 2. The van der Waals surface area contributed by atoms with E-state index in [-0.39, 0.29) is 23.8 Å². The van der Waals surface area contributed by atoms with Gasteiger partial charge >= 0.3 is 0 Å². The van der Waals surface area contributed by atoms with Crippen molar-refractivity contribution >= 4 is 29.1 Å². The quantitative estimate of drug-likeness (QED) is 0.841. The Labute approximate surface area is 163 Å². The second kappa shape index (κ2) is 8.10. The molecule has 2 amide bonds. The Morgan fingerprint density at radius 1 is 1.37 bits per heavy atom. The molecular formula is C19H24ClN5O2. The van der Waals surface area contributed by atoms with E-state index in [0.29, 0.717) is 35.9 Å². The number of carbonyl (C=O) groups is 2. The third kappa shape index (κ3) is 4.14. The Balaban J connectivity index is 1.89. The van der Waals surface area contributed by atoms with Crippen molar-refractivity contribution in [2.24, 2.45) is 13.0 Å². The van der Waals surface area contributed by atoms with Gasteiger partial charge in [0.15, 0.2) is 0 Å². The van der Waals surface area contributed by atoms with E-state index in [2.05, 4.69) is 15.6 Å². The molecule has 0 saturated carbocycles. The number of piperazine rings is 1. The number of halogens is 1. The molecule has 144 valence electrons. The van der Waals surface area contributed by atoms with Gasteiger partial charge in [0.2, 0.25) is 5.91 Å². The van der Waals surface area contributed by atoms with Crippen molar-refractivity contribution in [2.75, 3.05) is 25.0 Å². The van der Waals surface area contributed by atoms with E-state index in [1.807, 2.05) is 31.7 Å². The molecule has 1 aliphatic heterocycles. The zero-order chi connectivity index (χ0) is 19.6. The minimum atomic E-state index is -0.184. The molecule has 2 aromatic rings. The highest BCUT2D eigenvalue weighted by Gasteiger charge is 2.32. The summed E-state index contributed by atoms with van der Waals surface area (Å²) < 4.78 is 1.92. The maximum absolute atomic E-state index is 13.3. The average Bonchev–Trinajstić information content (AvgIpc) is 3.08. The smallest absolute Gasteiger partial charge is 0.256 e. The lowest BCUT2D eigenvalue weighted by atomic mass is 10.1. The zero-order valence-electron chi connectivity index (χ0n) is 15.7. The monoisotopic (exact) mass is 389 g/mol. The molecule has 3 rings (SSSR count). The highest BCUT2D eigenvalue weighted by molar-refractivity contribution is 6.34. The van der Waals surface area contributed by atoms with Crippen LogP contribution in [0, 0.1) is 5.92 Å². The van der Waals surface area contributed by atoms with Gasteiger partial charge in [-0.2, -0.15) is 0 Å². The molecule has 1 aromatic carbocycles. The number of nitrogens with zero attached hydrogens (tertiary/aromatic N) is 3. The van der Waals surface area contributed by atoms with Crippen molar-refractivity contribution in [2.45, 2.75) is 19.9 Å². The second-order valence-corrected chi connectivity index (χ2v) is 7.36. The Kier molecular flexibility index (Phi) is 5.82. The van der Waals surface area contributed by atoms with E-state index in [9.17, 15) is 9.59 Å². The maximum Gasteiger partial charge on any atom is 0.256 e. The first kappa shape index (κ1) is 19.4. The number of aryl methyl sites for hydroxylation is 1. The molecule has 7 nitrogen and oxygen atoms in total. The standard InChI is InChI=1S/C19H24ClN5O2/c1-12(2)18(26)23-13-4-5-15(20)14(10-13)19(27)25-9-6-21-11-16(25)17-22-7-8-24(17)3/h4-5,7-8,10,12,16,21H,6,9,11H2,1-3H3,(H,23,26). The molecule has 2 heterocycles. The topological polar surface area (TPSA) is 79.3 Å². The Bertz CT molecular complexity index is 848. The summed E-state index contributed by atoms with van der Waals surface area (Å²) in [6.07, 6.45) is 3.59. The van der Waals surface area contributed by atoms with Crippen LogP contribution in [0.5, 0.6) is 0 Å².